The van der Waals surface area contributed by atoms with E-state index in [0.717, 1.165) is 12.3 Å². The van der Waals surface area contributed by atoms with Crippen LogP contribution in [-0.4, -0.2) is 27.8 Å². The van der Waals surface area contributed by atoms with Crippen molar-refractivity contribution in [2.45, 2.75) is 12.2 Å². The number of pyridine rings is 1. The monoisotopic (exact) mass is 220 g/mol. The smallest absolute Gasteiger partial charge is 0.141 e. The molecule has 4 nitrogen and oxygen atoms in total. The summed E-state index contributed by atoms with van der Waals surface area (Å²) in [6.45, 7) is -0.145. The number of aliphatic hydroxyl groups is 2. The maximum absolute atomic E-state index is 12.7. The molecule has 0 amide bonds. The second-order valence-corrected chi connectivity index (χ2v) is 3.14. The fourth-order valence-corrected chi connectivity index (χ4v) is 1.20. The molecule has 0 fully saturated rings. The number of nitrogens with two attached hydrogens (primary N) is 1. The summed E-state index contributed by atoms with van der Waals surface area (Å²) in [7, 11) is 0. The molecule has 1 aromatic rings. The van der Waals surface area contributed by atoms with Gasteiger partial charge in [0.25, 0.3) is 0 Å². The van der Waals surface area contributed by atoms with Crippen LogP contribution in [0.25, 0.3) is 0 Å². The van der Waals surface area contributed by atoms with Gasteiger partial charge in [0.05, 0.1) is 12.3 Å². The van der Waals surface area contributed by atoms with E-state index in [1.165, 1.54) is 0 Å². The molecule has 1 heterocycles. The lowest BCUT2D eigenvalue weighted by molar-refractivity contribution is 0.0240. The van der Waals surface area contributed by atoms with Gasteiger partial charge in [0.15, 0.2) is 0 Å². The Kier molecular flexibility index (Phi) is 3.77. The second-order valence-electron chi connectivity index (χ2n) is 2.78. The number of rotatable bonds is 3. The van der Waals surface area contributed by atoms with Gasteiger partial charge in [0.2, 0.25) is 0 Å². The highest BCUT2D eigenvalue weighted by atomic mass is 35.5. The van der Waals surface area contributed by atoms with Gasteiger partial charge in [-0.25, -0.2) is 9.37 Å². The zero-order valence-corrected chi connectivity index (χ0v) is 7.95. The fourth-order valence-electron chi connectivity index (χ4n) is 0.982. The van der Waals surface area contributed by atoms with Crippen LogP contribution < -0.4 is 5.73 Å². The molecule has 2 unspecified atom stereocenters. The molecule has 0 aliphatic carbocycles. The third-order valence-corrected chi connectivity index (χ3v) is 2.07. The Labute approximate surface area is 85.1 Å². The van der Waals surface area contributed by atoms with Gasteiger partial charge in [-0.1, -0.05) is 11.6 Å². The van der Waals surface area contributed by atoms with E-state index in [-0.39, 0.29) is 17.3 Å². The van der Waals surface area contributed by atoms with Gasteiger partial charge >= 0.3 is 0 Å². The van der Waals surface area contributed by atoms with Gasteiger partial charge in [-0.05, 0) is 6.07 Å². The van der Waals surface area contributed by atoms with E-state index in [1.54, 1.807) is 0 Å². The van der Waals surface area contributed by atoms with Crippen LogP contribution >= 0.6 is 11.6 Å². The Balaban J connectivity index is 2.99. The highest BCUT2D eigenvalue weighted by molar-refractivity contribution is 6.30. The second kappa shape index (κ2) is 4.65. The molecule has 78 valence electrons. The number of aliphatic hydroxyl groups excluding tert-OH is 2. The minimum Gasteiger partial charge on any atom is -0.389 e. The van der Waals surface area contributed by atoms with E-state index in [2.05, 4.69) is 4.98 Å². The van der Waals surface area contributed by atoms with Crippen LogP contribution in [0, 0.1) is 5.82 Å². The van der Waals surface area contributed by atoms with Crippen LogP contribution in [-0.2, 0) is 0 Å². The number of halogens is 2. The molecular formula is C8H10ClFN2O2. The molecule has 0 aliphatic heterocycles. The summed E-state index contributed by atoms with van der Waals surface area (Å²) in [6, 6.07) is 1.01. The zero-order valence-electron chi connectivity index (χ0n) is 7.19. The molecular weight excluding hydrogens is 211 g/mol. The molecule has 0 saturated carbocycles. The third kappa shape index (κ3) is 2.39. The van der Waals surface area contributed by atoms with Gasteiger partial charge in [-0.15, -0.1) is 0 Å². The Morgan fingerprint density at radius 1 is 1.57 bits per heavy atom. The summed E-state index contributed by atoms with van der Waals surface area (Å²) in [5.41, 5.74) is 5.16. The first-order valence-corrected chi connectivity index (χ1v) is 4.31. The number of nitrogens with zero attached hydrogens (tertiary/aromatic N) is 1. The molecule has 14 heavy (non-hydrogen) atoms. The maximum atomic E-state index is 12.7. The van der Waals surface area contributed by atoms with Crippen LogP contribution in [0.1, 0.15) is 11.7 Å². The molecule has 6 heteroatoms. The molecule has 2 atom stereocenters. The van der Waals surface area contributed by atoms with Crippen molar-refractivity contribution in [1.29, 1.82) is 0 Å². The van der Waals surface area contributed by atoms with Gasteiger partial charge < -0.3 is 15.9 Å². The van der Waals surface area contributed by atoms with Crippen molar-refractivity contribution in [3.05, 3.63) is 28.8 Å². The summed E-state index contributed by atoms with van der Waals surface area (Å²) in [6.07, 6.45) is -1.58. The van der Waals surface area contributed by atoms with Crippen molar-refractivity contribution in [2.24, 2.45) is 5.73 Å². The molecule has 0 bridgehead atoms. The summed E-state index contributed by atoms with van der Waals surface area (Å²) >= 11 is 5.60. The molecule has 0 radical (unpaired) electrons. The summed E-state index contributed by atoms with van der Waals surface area (Å²) in [5.74, 6) is -0.632. The van der Waals surface area contributed by atoms with Crippen molar-refractivity contribution >= 4 is 11.6 Å². The van der Waals surface area contributed by atoms with Gasteiger partial charge in [-0.2, -0.15) is 0 Å². The predicted molar refractivity (Wildman–Crippen MR) is 49.2 cm³/mol. The number of aromatic nitrogens is 1. The van der Waals surface area contributed by atoms with Crippen LogP contribution in [0.2, 0.25) is 5.15 Å². The van der Waals surface area contributed by atoms with E-state index in [1.807, 2.05) is 0 Å². The highest BCUT2D eigenvalue weighted by Gasteiger charge is 2.20. The van der Waals surface area contributed by atoms with E-state index in [9.17, 15) is 14.6 Å². The minimum atomic E-state index is -1.32. The van der Waals surface area contributed by atoms with Gasteiger partial charge in [0, 0.05) is 12.1 Å². The Morgan fingerprint density at radius 2 is 2.21 bits per heavy atom. The predicted octanol–water partition coefficient (Wildman–Crippen LogP) is 0.227. The van der Waals surface area contributed by atoms with E-state index < -0.39 is 18.0 Å². The largest absolute Gasteiger partial charge is 0.389 e. The topological polar surface area (TPSA) is 79.4 Å². The average molecular weight is 221 g/mol. The van der Waals surface area contributed by atoms with E-state index >= 15 is 0 Å². The normalized spacial score (nSPS) is 15.2. The molecule has 4 N–H and O–H groups in total. The van der Waals surface area contributed by atoms with Crippen LogP contribution in [0.3, 0.4) is 0 Å². The maximum Gasteiger partial charge on any atom is 0.141 e. The van der Waals surface area contributed by atoms with Crippen LogP contribution in [0.4, 0.5) is 4.39 Å². The summed E-state index contributed by atoms with van der Waals surface area (Å²) in [5, 5.41) is 18.6. The third-order valence-electron chi connectivity index (χ3n) is 1.76. The fraction of sp³-hybridized carbons (Fsp3) is 0.375. The number of hydrogen-bond acceptors (Lipinski definition) is 4. The van der Waals surface area contributed by atoms with E-state index in [4.69, 9.17) is 17.3 Å². The van der Waals surface area contributed by atoms with E-state index in [0.29, 0.717) is 0 Å². The van der Waals surface area contributed by atoms with Crippen LogP contribution in [0.5, 0.6) is 0 Å². The Hall–Kier alpha value is -0.750. The van der Waals surface area contributed by atoms with Crippen molar-refractivity contribution in [1.82, 2.24) is 4.98 Å². The quantitative estimate of drug-likeness (QED) is 0.637. The highest BCUT2D eigenvalue weighted by Crippen LogP contribution is 2.23. The van der Waals surface area contributed by atoms with Crippen molar-refractivity contribution in [3.8, 4) is 0 Å². The summed E-state index contributed by atoms with van der Waals surface area (Å²) in [4.78, 5) is 3.49. The lowest BCUT2D eigenvalue weighted by atomic mass is 10.1. The lowest BCUT2D eigenvalue weighted by Gasteiger charge is -2.16. The Morgan fingerprint density at radius 3 is 2.79 bits per heavy atom. The first-order valence-electron chi connectivity index (χ1n) is 3.93. The molecule has 0 aliphatic rings. The SMILES string of the molecule is NCC(O)C(O)c1cc(F)cnc1Cl. The molecule has 0 aromatic carbocycles. The van der Waals surface area contributed by atoms with Gasteiger partial charge in [-0.3, -0.25) is 0 Å². The molecule has 0 spiro atoms. The lowest BCUT2D eigenvalue weighted by Crippen LogP contribution is -2.27. The Bertz CT molecular complexity index is 324. The van der Waals surface area contributed by atoms with Crippen LogP contribution in [0.15, 0.2) is 12.3 Å². The average Bonchev–Trinajstić information content (AvgIpc) is 2.19. The zero-order chi connectivity index (χ0) is 10.7. The van der Waals surface area contributed by atoms with Gasteiger partial charge in [0.1, 0.15) is 17.1 Å². The number of hydrogen-bond donors (Lipinski definition) is 3. The minimum absolute atomic E-state index is 0.0321. The molecule has 1 aromatic heterocycles. The first kappa shape index (κ1) is 11.3. The standard InChI is InChI=1S/C8H10ClFN2O2/c9-8-5(1-4(10)3-12-8)7(14)6(13)2-11/h1,3,6-7,13-14H,2,11H2. The molecule has 0 saturated heterocycles. The van der Waals surface area contributed by atoms with Crippen molar-refractivity contribution in [2.75, 3.05) is 6.54 Å². The molecule has 1 rings (SSSR count). The summed E-state index contributed by atoms with van der Waals surface area (Å²) < 4.78 is 12.7. The van der Waals surface area contributed by atoms with Crippen molar-refractivity contribution < 1.29 is 14.6 Å². The first-order chi connectivity index (χ1) is 6.56. The van der Waals surface area contributed by atoms with Crippen molar-refractivity contribution in [3.63, 3.8) is 0 Å².